The molecule has 0 aromatic carbocycles. The van der Waals surface area contributed by atoms with Crippen LogP contribution in [-0.4, -0.2) is 36.5 Å². The molecule has 3 rings (SSSR count). The molecule has 0 aromatic heterocycles. The third-order valence-electron chi connectivity index (χ3n) is 5.46. The summed E-state index contributed by atoms with van der Waals surface area (Å²) in [6.07, 6.45) is 18.0. The Morgan fingerprint density at radius 1 is 1.10 bits per heavy atom. The van der Waals surface area contributed by atoms with E-state index in [1.165, 1.54) is 16.7 Å². The second kappa shape index (κ2) is 9.37. The molecule has 0 spiro atoms. The fraction of sp³-hybridized carbons (Fsp3) is 0.429. The van der Waals surface area contributed by atoms with Gasteiger partial charge in [0.15, 0.2) is 0 Å². The summed E-state index contributed by atoms with van der Waals surface area (Å²) in [7, 11) is -3.67. The number of primary amides is 1. The van der Waals surface area contributed by atoms with Gasteiger partial charge in [0.25, 0.3) is 0 Å². The minimum absolute atomic E-state index is 0.0835. The molecule has 29 heavy (non-hydrogen) atoms. The van der Waals surface area contributed by atoms with E-state index in [1.807, 2.05) is 12.2 Å². The summed E-state index contributed by atoms with van der Waals surface area (Å²) < 4.78 is 28.9. The zero-order valence-electron chi connectivity index (χ0n) is 16.2. The molecule has 3 N–H and O–H groups in total. The lowest BCUT2D eigenvalue weighted by atomic mass is 9.80. The number of hydrogen-bond acceptors (Lipinski definition) is 4. The molecule has 7 nitrogen and oxygen atoms in total. The first-order valence-electron chi connectivity index (χ1n) is 9.84. The molecule has 2 unspecified atom stereocenters. The van der Waals surface area contributed by atoms with Crippen LogP contribution in [0, 0.1) is 5.92 Å². The largest absolute Gasteiger partial charge is 0.370 e. The maximum absolute atomic E-state index is 13.1. The Hall–Kier alpha value is -2.45. The highest BCUT2D eigenvalue weighted by atomic mass is 32.2. The third kappa shape index (κ3) is 5.55. The molecule has 0 saturated heterocycles. The monoisotopic (exact) mass is 417 g/mol. The van der Waals surface area contributed by atoms with Crippen molar-refractivity contribution in [3.8, 4) is 0 Å². The van der Waals surface area contributed by atoms with Crippen LogP contribution in [0.1, 0.15) is 38.5 Å². The van der Waals surface area contributed by atoms with Crippen LogP contribution in [0.25, 0.3) is 0 Å². The van der Waals surface area contributed by atoms with Crippen molar-refractivity contribution in [2.45, 2.75) is 49.9 Å². The fourth-order valence-corrected chi connectivity index (χ4v) is 5.44. The van der Waals surface area contributed by atoms with Gasteiger partial charge >= 0.3 is 0 Å². The Labute approximate surface area is 171 Å². The second-order valence-electron chi connectivity index (χ2n) is 7.49. The minimum Gasteiger partial charge on any atom is -0.370 e. The van der Waals surface area contributed by atoms with E-state index >= 15 is 0 Å². The zero-order chi connectivity index (χ0) is 20.9. The van der Waals surface area contributed by atoms with Crippen molar-refractivity contribution in [2.75, 3.05) is 0 Å². The standard InChI is InChI=1S/C21H27N3O4S/c22-19(25)12-13-21(26)24-14-6-2-1-3-9-20(24)23-29(27,28)18-11-10-16-7-4-5-8-17(16)15-18/h1-6,8-9,14,16,18,20,23H,7,10-13,15H2,(H2,22,25)/b2-1-,9-3-,14-6-/t16?,18-,20?/m0/s1. The number of hydrogen-bond donors (Lipinski definition) is 2. The van der Waals surface area contributed by atoms with E-state index in [2.05, 4.69) is 10.8 Å². The molecule has 0 aromatic rings. The van der Waals surface area contributed by atoms with Crippen LogP contribution in [-0.2, 0) is 19.6 Å². The molecule has 1 saturated carbocycles. The highest BCUT2D eigenvalue weighted by Gasteiger charge is 2.35. The molecule has 2 aliphatic carbocycles. The van der Waals surface area contributed by atoms with Gasteiger partial charge in [-0.15, -0.1) is 0 Å². The molecule has 2 amide bonds. The van der Waals surface area contributed by atoms with Gasteiger partial charge in [0.1, 0.15) is 6.17 Å². The molecular formula is C21H27N3O4S. The Morgan fingerprint density at radius 2 is 1.90 bits per heavy atom. The predicted molar refractivity (Wildman–Crippen MR) is 112 cm³/mol. The summed E-state index contributed by atoms with van der Waals surface area (Å²) in [5.41, 5.74) is 6.32. The molecule has 156 valence electrons. The Morgan fingerprint density at radius 3 is 2.69 bits per heavy atom. The van der Waals surface area contributed by atoms with Crippen molar-refractivity contribution in [3.63, 3.8) is 0 Å². The Balaban J connectivity index is 1.76. The maximum atomic E-state index is 13.1. The summed E-state index contributed by atoms with van der Waals surface area (Å²) in [5, 5.41) is -0.530. The van der Waals surface area contributed by atoms with Crippen molar-refractivity contribution in [1.29, 1.82) is 0 Å². The lowest BCUT2D eigenvalue weighted by Crippen LogP contribution is -2.50. The SMILES string of the molecule is NC(=O)CCC(=O)N1\C=C/C=C\C=C/C1NS(=O)(=O)[C@H]1CCC2CC=CC=C2C1. The van der Waals surface area contributed by atoms with E-state index in [9.17, 15) is 18.0 Å². The van der Waals surface area contributed by atoms with Crippen molar-refractivity contribution < 1.29 is 18.0 Å². The smallest absolute Gasteiger partial charge is 0.228 e. The topological polar surface area (TPSA) is 110 Å². The molecule has 0 bridgehead atoms. The molecule has 3 aliphatic rings. The second-order valence-corrected chi connectivity index (χ2v) is 9.48. The number of carbonyl (C=O) groups excluding carboxylic acids is 2. The van der Waals surface area contributed by atoms with Gasteiger partial charge in [-0.05, 0) is 43.8 Å². The number of nitrogens with one attached hydrogen (secondary N) is 1. The van der Waals surface area contributed by atoms with E-state index in [0.29, 0.717) is 18.8 Å². The van der Waals surface area contributed by atoms with Gasteiger partial charge in [0, 0.05) is 19.0 Å². The molecule has 3 atom stereocenters. The summed E-state index contributed by atoms with van der Waals surface area (Å²) >= 11 is 0. The van der Waals surface area contributed by atoms with Crippen LogP contribution in [0.5, 0.6) is 0 Å². The van der Waals surface area contributed by atoms with Gasteiger partial charge in [-0.2, -0.15) is 4.72 Å². The van der Waals surface area contributed by atoms with Crippen molar-refractivity contribution in [2.24, 2.45) is 11.7 Å². The number of amides is 2. The first-order valence-corrected chi connectivity index (χ1v) is 11.4. The van der Waals surface area contributed by atoms with Gasteiger partial charge in [0.05, 0.1) is 5.25 Å². The molecule has 8 heteroatoms. The van der Waals surface area contributed by atoms with E-state index in [-0.39, 0.29) is 18.7 Å². The van der Waals surface area contributed by atoms with E-state index < -0.39 is 27.3 Å². The number of allylic oxidation sites excluding steroid dienone is 8. The van der Waals surface area contributed by atoms with Gasteiger partial charge in [-0.1, -0.05) is 42.0 Å². The number of nitrogens with two attached hydrogens (primary N) is 1. The number of rotatable bonds is 6. The predicted octanol–water partition coefficient (Wildman–Crippen LogP) is 2.02. The average molecular weight is 418 g/mol. The molecule has 1 fully saturated rings. The van der Waals surface area contributed by atoms with Crippen LogP contribution in [0.2, 0.25) is 0 Å². The highest BCUT2D eigenvalue weighted by molar-refractivity contribution is 7.90. The van der Waals surface area contributed by atoms with Crippen molar-refractivity contribution in [3.05, 3.63) is 60.4 Å². The Bertz CT molecular complexity index is 899. The summed E-state index contributed by atoms with van der Waals surface area (Å²) in [6, 6.07) is 0. The van der Waals surface area contributed by atoms with Crippen LogP contribution in [0.15, 0.2) is 60.4 Å². The number of carbonyl (C=O) groups is 2. The van der Waals surface area contributed by atoms with Crippen molar-refractivity contribution >= 4 is 21.8 Å². The normalized spacial score (nSPS) is 29.7. The minimum atomic E-state index is -3.67. The molecule has 1 aliphatic heterocycles. The first kappa shape index (κ1) is 21.3. The van der Waals surface area contributed by atoms with Crippen LogP contribution in [0.4, 0.5) is 0 Å². The average Bonchev–Trinajstić information content (AvgIpc) is 2.68. The van der Waals surface area contributed by atoms with Crippen LogP contribution < -0.4 is 10.5 Å². The third-order valence-corrected chi connectivity index (χ3v) is 7.31. The van der Waals surface area contributed by atoms with E-state index in [1.54, 1.807) is 30.4 Å². The number of sulfonamides is 1. The zero-order valence-corrected chi connectivity index (χ0v) is 17.1. The number of fused-ring (bicyclic) bond motifs is 1. The van der Waals surface area contributed by atoms with E-state index in [4.69, 9.17) is 5.73 Å². The summed E-state index contributed by atoms with van der Waals surface area (Å²) in [6.45, 7) is 0. The quantitative estimate of drug-likeness (QED) is 0.689. The van der Waals surface area contributed by atoms with Crippen LogP contribution >= 0.6 is 0 Å². The first-order chi connectivity index (χ1) is 13.9. The molecule has 1 heterocycles. The van der Waals surface area contributed by atoms with Gasteiger partial charge < -0.3 is 5.73 Å². The van der Waals surface area contributed by atoms with Gasteiger partial charge in [0.2, 0.25) is 21.8 Å². The molecular weight excluding hydrogens is 390 g/mol. The Kier molecular flexibility index (Phi) is 6.87. The summed E-state index contributed by atoms with van der Waals surface area (Å²) in [4.78, 5) is 24.9. The lowest BCUT2D eigenvalue weighted by molar-refractivity contribution is -0.132. The maximum Gasteiger partial charge on any atom is 0.228 e. The highest BCUT2D eigenvalue weighted by Crippen LogP contribution is 2.36. The summed E-state index contributed by atoms with van der Waals surface area (Å²) in [5.74, 6) is -0.516. The molecule has 0 radical (unpaired) electrons. The van der Waals surface area contributed by atoms with E-state index in [0.717, 1.165) is 12.8 Å². The van der Waals surface area contributed by atoms with Crippen molar-refractivity contribution in [1.82, 2.24) is 9.62 Å². The fourth-order valence-electron chi connectivity index (χ4n) is 3.86. The lowest BCUT2D eigenvalue weighted by Gasteiger charge is -2.34. The van der Waals surface area contributed by atoms with Gasteiger partial charge in [-0.3, -0.25) is 14.5 Å². The van der Waals surface area contributed by atoms with Gasteiger partial charge in [-0.25, -0.2) is 8.42 Å². The number of nitrogens with zero attached hydrogens (tertiary/aromatic N) is 1. The van der Waals surface area contributed by atoms with Crippen LogP contribution in [0.3, 0.4) is 0 Å².